The molecule has 7 heteroatoms. The number of rotatable bonds is 3. The quantitative estimate of drug-likeness (QED) is 0.278. The summed E-state index contributed by atoms with van der Waals surface area (Å²) in [6.07, 6.45) is 1.49. The zero-order valence-corrected chi connectivity index (χ0v) is 9.54. The summed E-state index contributed by atoms with van der Waals surface area (Å²) in [5.41, 5.74) is 5.26. The molecule has 1 heterocycles. The maximum Gasteiger partial charge on any atom is 0.252 e. The Labute approximate surface area is 97.5 Å². The molecule has 1 amide bonds. The average molecular weight is 238 g/mol. The molecule has 1 aromatic heterocycles. The smallest absolute Gasteiger partial charge is 0.252 e. The predicted molar refractivity (Wildman–Crippen MR) is 62.0 cm³/mol. The first-order valence-electron chi connectivity index (χ1n) is 4.90. The molecule has 1 unspecified atom stereocenters. The minimum atomic E-state index is -0.614. The summed E-state index contributed by atoms with van der Waals surface area (Å²) >= 11 is 0. The Morgan fingerprint density at radius 2 is 2.29 bits per heavy atom. The second-order valence-corrected chi connectivity index (χ2v) is 3.58. The van der Waals surface area contributed by atoms with Gasteiger partial charge in [0.1, 0.15) is 0 Å². The highest BCUT2D eigenvalue weighted by atomic mass is 16.4. The largest absolute Gasteiger partial charge is 0.409 e. The fraction of sp³-hybridized carbons (Fsp3) is 0.300. The van der Waals surface area contributed by atoms with Crippen LogP contribution in [0.1, 0.15) is 17.3 Å². The van der Waals surface area contributed by atoms with Gasteiger partial charge in [0.25, 0.3) is 11.5 Å². The van der Waals surface area contributed by atoms with Gasteiger partial charge in [0.15, 0.2) is 5.84 Å². The third kappa shape index (κ3) is 3.07. The van der Waals surface area contributed by atoms with Crippen molar-refractivity contribution in [2.24, 2.45) is 17.9 Å². The number of aromatic nitrogens is 1. The molecule has 0 bridgehead atoms. The standard InChI is InChI=1S/C10H14N4O3/c1-6(9(11)13-17)12-10(16)7-3-4-14(2)8(15)5-7/h3-6,17H,1-2H3,(H2,11,13)(H,12,16). The zero-order valence-electron chi connectivity index (χ0n) is 9.54. The summed E-state index contributed by atoms with van der Waals surface area (Å²) in [6.45, 7) is 1.56. The number of amides is 1. The monoisotopic (exact) mass is 238 g/mol. The molecule has 1 aromatic rings. The maximum atomic E-state index is 11.7. The average Bonchev–Trinajstić information content (AvgIpc) is 2.31. The number of amidine groups is 1. The lowest BCUT2D eigenvalue weighted by atomic mass is 10.2. The highest BCUT2D eigenvalue weighted by Crippen LogP contribution is 1.95. The van der Waals surface area contributed by atoms with Crippen LogP contribution < -0.4 is 16.6 Å². The Bertz CT molecular complexity index is 507. The molecule has 0 saturated carbocycles. The van der Waals surface area contributed by atoms with E-state index in [1.807, 2.05) is 0 Å². The molecular formula is C10H14N4O3. The van der Waals surface area contributed by atoms with Crippen molar-refractivity contribution < 1.29 is 10.0 Å². The van der Waals surface area contributed by atoms with Crippen molar-refractivity contribution in [1.29, 1.82) is 0 Å². The molecule has 0 aliphatic rings. The van der Waals surface area contributed by atoms with Gasteiger partial charge in [0, 0.05) is 24.9 Å². The van der Waals surface area contributed by atoms with Crippen LogP contribution in [0.2, 0.25) is 0 Å². The van der Waals surface area contributed by atoms with Crippen LogP contribution in [0.4, 0.5) is 0 Å². The molecule has 0 radical (unpaired) electrons. The number of nitrogens with one attached hydrogen (secondary N) is 1. The van der Waals surface area contributed by atoms with E-state index in [4.69, 9.17) is 10.9 Å². The van der Waals surface area contributed by atoms with Crippen LogP contribution >= 0.6 is 0 Å². The van der Waals surface area contributed by atoms with Crippen molar-refractivity contribution in [2.45, 2.75) is 13.0 Å². The topological polar surface area (TPSA) is 110 Å². The number of nitrogens with two attached hydrogens (primary N) is 1. The van der Waals surface area contributed by atoms with Gasteiger partial charge in [-0.3, -0.25) is 9.59 Å². The second kappa shape index (κ2) is 5.15. The van der Waals surface area contributed by atoms with E-state index in [0.29, 0.717) is 0 Å². The van der Waals surface area contributed by atoms with Crippen LogP contribution in [-0.2, 0) is 7.05 Å². The molecule has 1 atom stereocenters. The third-order valence-corrected chi connectivity index (χ3v) is 2.27. The summed E-state index contributed by atoms with van der Waals surface area (Å²) in [7, 11) is 1.59. The summed E-state index contributed by atoms with van der Waals surface area (Å²) < 4.78 is 1.35. The summed E-state index contributed by atoms with van der Waals surface area (Å²) in [6, 6.07) is 2.11. The summed E-state index contributed by atoms with van der Waals surface area (Å²) in [5, 5.41) is 13.7. The van der Waals surface area contributed by atoms with Gasteiger partial charge in [-0.05, 0) is 13.0 Å². The van der Waals surface area contributed by atoms with Crippen LogP contribution in [0.3, 0.4) is 0 Å². The van der Waals surface area contributed by atoms with Gasteiger partial charge in [0.2, 0.25) is 0 Å². The van der Waals surface area contributed by atoms with Crippen LogP contribution in [-0.4, -0.2) is 27.6 Å². The van der Waals surface area contributed by atoms with E-state index in [2.05, 4.69) is 10.5 Å². The minimum absolute atomic E-state index is 0.109. The third-order valence-electron chi connectivity index (χ3n) is 2.27. The first kappa shape index (κ1) is 12.8. The number of oxime groups is 1. The normalized spacial score (nSPS) is 13.2. The van der Waals surface area contributed by atoms with Crippen molar-refractivity contribution in [1.82, 2.24) is 9.88 Å². The molecular weight excluding hydrogens is 224 g/mol. The van der Waals surface area contributed by atoms with Crippen molar-refractivity contribution >= 4 is 11.7 Å². The van der Waals surface area contributed by atoms with Gasteiger partial charge in [-0.25, -0.2) is 0 Å². The number of hydrogen-bond acceptors (Lipinski definition) is 4. The van der Waals surface area contributed by atoms with E-state index >= 15 is 0 Å². The van der Waals surface area contributed by atoms with Crippen molar-refractivity contribution in [3.63, 3.8) is 0 Å². The molecule has 92 valence electrons. The highest BCUT2D eigenvalue weighted by molar-refractivity contribution is 5.97. The molecule has 0 aromatic carbocycles. The molecule has 17 heavy (non-hydrogen) atoms. The van der Waals surface area contributed by atoms with Crippen LogP contribution in [0.5, 0.6) is 0 Å². The number of aryl methyl sites for hydroxylation is 1. The van der Waals surface area contributed by atoms with Crippen molar-refractivity contribution in [2.75, 3.05) is 0 Å². The van der Waals surface area contributed by atoms with E-state index in [1.165, 1.54) is 22.9 Å². The summed E-state index contributed by atoms with van der Waals surface area (Å²) in [4.78, 5) is 23.0. The van der Waals surface area contributed by atoms with Gasteiger partial charge >= 0.3 is 0 Å². The lowest BCUT2D eigenvalue weighted by Gasteiger charge is -2.12. The van der Waals surface area contributed by atoms with Crippen LogP contribution in [0.25, 0.3) is 0 Å². The Hall–Kier alpha value is -2.31. The van der Waals surface area contributed by atoms with Gasteiger partial charge in [-0.15, -0.1) is 0 Å². The lowest BCUT2D eigenvalue weighted by Crippen LogP contribution is -2.42. The van der Waals surface area contributed by atoms with Crippen LogP contribution in [0.15, 0.2) is 28.3 Å². The Kier molecular flexibility index (Phi) is 3.86. The fourth-order valence-electron chi connectivity index (χ4n) is 1.13. The number of carbonyl (C=O) groups excluding carboxylic acids is 1. The van der Waals surface area contributed by atoms with E-state index in [0.717, 1.165) is 0 Å². The first-order chi connectivity index (χ1) is 7.95. The van der Waals surface area contributed by atoms with Crippen LogP contribution in [0, 0.1) is 0 Å². The number of hydrogen-bond donors (Lipinski definition) is 3. The Morgan fingerprint density at radius 3 is 2.82 bits per heavy atom. The van der Waals surface area contributed by atoms with E-state index < -0.39 is 11.9 Å². The maximum absolute atomic E-state index is 11.7. The predicted octanol–water partition coefficient (Wildman–Crippen LogP) is -0.750. The van der Waals surface area contributed by atoms with Gasteiger partial charge < -0.3 is 20.8 Å². The molecule has 7 nitrogen and oxygen atoms in total. The van der Waals surface area contributed by atoms with Crippen molar-refractivity contribution in [3.8, 4) is 0 Å². The number of pyridine rings is 1. The lowest BCUT2D eigenvalue weighted by molar-refractivity contribution is 0.0948. The molecule has 1 rings (SSSR count). The Balaban J connectivity index is 2.84. The van der Waals surface area contributed by atoms with Crippen molar-refractivity contribution in [3.05, 3.63) is 34.2 Å². The second-order valence-electron chi connectivity index (χ2n) is 3.58. The highest BCUT2D eigenvalue weighted by Gasteiger charge is 2.13. The van der Waals surface area contributed by atoms with E-state index in [1.54, 1.807) is 14.0 Å². The SMILES string of the molecule is CC(NC(=O)c1ccn(C)c(=O)c1)/C(N)=N/O. The fourth-order valence-corrected chi connectivity index (χ4v) is 1.13. The van der Waals surface area contributed by atoms with Gasteiger partial charge in [0.05, 0.1) is 6.04 Å². The molecule has 0 aliphatic carbocycles. The molecule has 0 aliphatic heterocycles. The first-order valence-corrected chi connectivity index (χ1v) is 4.90. The molecule has 4 N–H and O–H groups in total. The zero-order chi connectivity index (χ0) is 13.0. The van der Waals surface area contributed by atoms with E-state index in [-0.39, 0.29) is 17.0 Å². The molecule has 0 spiro atoms. The Morgan fingerprint density at radius 1 is 1.65 bits per heavy atom. The van der Waals surface area contributed by atoms with E-state index in [9.17, 15) is 9.59 Å². The number of nitrogens with zero attached hydrogens (tertiary/aromatic N) is 2. The summed E-state index contributed by atoms with van der Waals surface area (Å²) in [5.74, 6) is -0.566. The minimum Gasteiger partial charge on any atom is -0.409 e. The number of carbonyl (C=O) groups is 1. The molecule has 0 fully saturated rings. The molecule has 0 saturated heterocycles. The van der Waals surface area contributed by atoms with Gasteiger partial charge in [-0.1, -0.05) is 5.16 Å². The van der Waals surface area contributed by atoms with Gasteiger partial charge in [-0.2, -0.15) is 0 Å².